The van der Waals surface area contributed by atoms with Crippen molar-refractivity contribution in [2.45, 2.75) is 6.92 Å². The highest BCUT2D eigenvalue weighted by atomic mass is 16.5. The third kappa shape index (κ3) is 3.62. The lowest BCUT2D eigenvalue weighted by molar-refractivity contribution is 0.228. The molecule has 0 rings (SSSR count). The van der Waals surface area contributed by atoms with Crippen LogP contribution >= 0.6 is 0 Å². The van der Waals surface area contributed by atoms with Gasteiger partial charge in [-0.15, -0.1) is 0 Å². The van der Waals surface area contributed by atoms with E-state index in [0.717, 1.165) is 5.57 Å². The van der Waals surface area contributed by atoms with Crippen LogP contribution in [0.5, 0.6) is 0 Å². The fourth-order valence-corrected chi connectivity index (χ4v) is 0.469. The molecule has 0 aromatic carbocycles. The van der Waals surface area contributed by atoms with E-state index in [-0.39, 0.29) is 0 Å². The first-order chi connectivity index (χ1) is 3.81. The summed E-state index contributed by atoms with van der Waals surface area (Å²) in [7, 11) is 1.66. The highest BCUT2D eigenvalue weighted by molar-refractivity contribution is 5.13. The van der Waals surface area contributed by atoms with Crippen LogP contribution in [0.2, 0.25) is 0 Å². The van der Waals surface area contributed by atoms with Gasteiger partial charge in [0.1, 0.15) is 0 Å². The van der Waals surface area contributed by atoms with Gasteiger partial charge < -0.3 is 4.74 Å². The van der Waals surface area contributed by atoms with Gasteiger partial charge in [-0.05, 0) is 12.5 Å². The van der Waals surface area contributed by atoms with Gasteiger partial charge in [0, 0.05) is 7.11 Å². The Bertz CT molecular complexity index is 92.6. The summed E-state index contributed by atoms with van der Waals surface area (Å²) < 4.78 is 4.81. The molecule has 0 N–H and O–H groups in total. The molecule has 0 saturated heterocycles. The van der Waals surface area contributed by atoms with Crippen LogP contribution in [-0.2, 0) is 4.74 Å². The zero-order valence-electron chi connectivity index (χ0n) is 5.48. The molecule has 0 spiro atoms. The summed E-state index contributed by atoms with van der Waals surface area (Å²) >= 11 is 0. The number of allylic oxidation sites excluding steroid dienone is 1. The minimum absolute atomic E-state index is 0.629. The van der Waals surface area contributed by atoms with E-state index in [4.69, 9.17) is 4.74 Å². The third-order valence-electron chi connectivity index (χ3n) is 0.732. The van der Waals surface area contributed by atoms with Crippen LogP contribution in [0, 0.1) is 0 Å². The summed E-state index contributed by atoms with van der Waals surface area (Å²) in [6.45, 7) is 6.31. The molecule has 1 nitrogen and oxygen atoms in total. The minimum atomic E-state index is 0.629. The minimum Gasteiger partial charge on any atom is -0.380 e. The predicted molar refractivity (Wildman–Crippen MR) is 35.8 cm³/mol. The summed E-state index contributed by atoms with van der Waals surface area (Å²) in [5.41, 5.74) is 1.01. The van der Waals surface area contributed by atoms with E-state index in [1.807, 2.05) is 19.1 Å². The maximum Gasteiger partial charge on any atom is 0.0707 e. The largest absolute Gasteiger partial charge is 0.380 e. The first-order valence-corrected chi connectivity index (χ1v) is 2.60. The maximum absolute atomic E-state index is 4.81. The van der Waals surface area contributed by atoms with Crippen LogP contribution in [0.15, 0.2) is 24.3 Å². The Balaban J connectivity index is 3.33. The van der Waals surface area contributed by atoms with Crippen molar-refractivity contribution >= 4 is 0 Å². The van der Waals surface area contributed by atoms with Crippen LogP contribution in [-0.4, -0.2) is 13.7 Å². The molecule has 0 atom stereocenters. The Labute approximate surface area is 50.7 Å². The molecule has 0 aromatic heterocycles. The average molecular weight is 112 g/mol. The second-order valence-electron chi connectivity index (χ2n) is 1.59. The van der Waals surface area contributed by atoms with Crippen molar-refractivity contribution in [2.24, 2.45) is 0 Å². The molecule has 0 aliphatic heterocycles. The van der Waals surface area contributed by atoms with Crippen molar-refractivity contribution in [2.75, 3.05) is 13.7 Å². The first-order valence-electron chi connectivity index (χ1n) is 2.60. The normalized spacial score (nSPS) is 10.2. The summed E-state index contributed by atoms with van der Waals surface area (Å²) in [6, 6.07) is 0. The molecule has 0 aromatic rings. The number of rotatable bonds is 3. The number of ether oxygens (including phenoxy) is 1. The first kappa shape index (κ1) is 7.44. The molecule has 0 saturated carbocycles. The Morgan fingerprint density at radius 2 is 2.38 bits per heavy atom. The van der Waals surface area contributed by atoms with Gasteiger partial charge in [0.05, 0.1) is 6.61 Å². The van der Waals surface area contributed by atoms with Crippen LogP contribution in [0.4, 0.5) is 0 Å². The lowest BCUT2D eigenvalue weighted by Crippen LogP contribution is -1.87. The molecule has 8 heavy (non-hydrogen) atoms. The van der Waals surface area contributed by atoms with Gasteiger partial charge >= 0.3 is 0 Å². The maximum atomic E-state index is 4.81. The Kier molecular flexibility index (Phi) is 4.27. The Morgan fingerprint density at radius 3 is 2.75 bits per heavy atom. The van der Waals surface area contributed by atoms with Crippen molar-refractivity contribution in [3.05, 3.63) is 24.3 Å². The molecular formula is C7H12O. The zero-order valence-corrected chi connectivity index (χ0v) is 5.48. The fourth-order valence-electron chi connectivity index (χ4n) is 0.469. The number of hydrogen-bond acceptors (Lipinski definition) is 1. The highest BCUT2D eigenvalue weighted by Gasteiger charge is 1.81. The Morgan fingerprint density at radius 1 is 1.75 bits per heavy atom. The van der Waals surface area contributed by atoms with E-state index in [1.54, 1.807) is 7.11 Å². The van der Waals surface area contributed by atoms with Gasteiger partial charge in [0.15, 0.2) is 0 Å². The van der Waals surface area contributed by atoms with E-state index >= 15 is 0 Å². The van der Waals surface area contributed by atoms with E-state index in [2.05, 4.69) is 6.58 Å². The molecule has 0 amide bonds. The van der Waals surface area contributed by atoms with E-state index in [0.29, 0.717) is 6.61 Å². The van der Waals surface area contributed by atoms with Crippen molar-refractivity contribution in [3.63, 3.8) is 0 Å². The zero-order chi connectivity index (χ0) is 6.41. The SMILES string of the molecule is C=C(C=CC)COC. The van der Waals surface area contributed by atoms with Gasteiger partial charge in [-0.2, -0.15) is 0 Å². The molecule has 0 fully saturated rings. The quantitative estimate of drug-likeness (QED) is 0.505. The van der Waals surface area contributed by atoms with Crippen LogP contribution in [0.25, 0.3) is 0 Å². The van der Waals surface area contributed by atoms with Crippen molar-refractivity contribution in [3.8, 4) is 0 Å². The highest BCUT2D eigenvalue weighted by Crippen LogP contribution is 1.90. The fraction of sp³-hybridized carbons (Fsp3) is 0.429. The number of hydrogen-bond donors (Lipinski definition) is 0. The second kappa shape index (κ2) is 4.60. The second-order valence-corrected chi connectivity index (χ2v) is 1.59. The van der Waals surface area contributed by atoms with Crippen LogP contribution < -0.4 is 0 Å². The molecule has 0 heterocycles. The van der Waals surface area contributed by atoms with Gasteiger partial charge in [-0.25, -0.2) is 0 Å². The van der Waals surface area contributed by atoms with Gasteiger partial charge in [-0.3, -0.25) is 0 Å². The summed E-state index contributed by atoms with van der Waals surface area (Å²) in [5, 5.41) is 0. The molecule has 0 bridgehead atoms. The smallest absolute Gasteiger partial charge is 0.0707 e. The standard InChI is InChI=1S/C7H12O/c1-4-5-7(2)6-8-3/h4-5H,2,6H2,1,3H3. The molecule has 46 valence electrons. The monoisotopic (exact) mass is 112 g/mol. The number of methoxy groups -OCH3 is 1. The predicted octanol–water partition coefficient (Wildman–Crippen LogP) is 1.77. The van der Waals surface area contributed by atoms with Crippen LogP contribution in [0.3, 0.4) is 0 Å². The van der Waals surface area contributed by atoms with E-state index in [1.165, 1.54) is 0 Å². The molecule has 1 heteroatoms. The summed E-state index contributed by atoms with van der Waals surface area (Å²) in [4.78, 5) is 0. The van der Waals surface area contributed by atoms with Gasteiger partial charge in [0.25, 0.3) is 0 Å². The van der Waals surface area contributed by atoms with E-state index < -0.39 is 0 Å². The Hall–Kier alpha value is -0.560. The molecule has 0 unspecified atom stereocenters. The third-order valence-corrected chi connectivity index (χ3v) is 0.732. The lowest BCUT2D eigenvalue weighted by atomic mass is 10.3. The molecular weight excluding hydrogens is 100 g/mol. The molecule has 0 aliphatic rings. The van der Waals surface area contributed by atoms with Gasteiger partial charge in [0.2, 0.25) is 0 Å². The molecule has 0 aliphatic carbocycles. The topological polar surface area (TPSA) is 9.23 Å². The van der Waals surface area contributed by atoms with Crippen LogP contribution in [0.1, 0.15) is 6.92 Å². The van der Waals surface area contributed by atoms with Gasteiger partial charge in [-0.1, -0.05) is 18.7 Å². The summed E-state index contributed by atoms with van der Waals surface area (Å²) in [6.07, 6.45) is 3.88. The van der Waals surface area contributed by atoms with Crippen molar-refractivity contribution in [1.29, 1.82) is 0 Å². The average Bonchev–Trinajstić information content (AvgIpc) is 1.68. The van der Waals surface area contributed by atoms with Crippen molar-refractivity contribution in [1.82, 2.24) is 0 Å². The lowest BCUT2D eigenvalue weighted by Gasteiger charge is -1.93. The van der Waals surface area contributed by atoms with Crippen molar-refractivity contribution < 1.29 is 4.74 Å². The summed E-state index contributed by atoms with van der Waals surface area (Å²) in [5.74, 6) is 0. The van der Waals surface area contributed by atoms with E-state index in [9.17, 15) is 0 Å². The molecule has 0 radical (unpaired) electrons.